The van der Waals surface area contributed by atoms with E-state index in [1.165, 1.54) is 6.08 Å². The standard InChI is InChI=1S/C23H18N4O4/c1-29-19-7-5-16(18-13-27-10-2-9-24-23(27)26-18)12-17(19)25-22(28)8-4-15-3-6-20-21(11-15)31-14-30-20/h2-13H,14H2,1H3,(H,25,28)/b8-4+. The third-order valence-corrected chi connectivity index (χ3v) is 4.81. The van der Waals surface area contributed by atoms with Crippen LogP contribution in [0.4, 0.5) is 5.69 Å². The number of fused-ring (bicyclic) bond motifs is 2. The molecule has 3 heterocycles. The molecule has 0 radical (unpaired) electrons. The highest BCUT2D eigenvalue weighted by Crippen LogP contribution is 2.33. The average molecular weight is 414 g/mol. The highest BCUT2D eigenvalue weighted by atomic mass is 16.7. The van der Waals surface area contributed by atoms with E-state index in [0.717, 1.165) is 16.8 Å². The molecule has 0 bridgehead atoms. The van der Waals surface area contributed by atoms with E-state index in [1.54, 1.807) is 25.4 Å². The van der Waals surface area contributed by atoms with Gasteiger partial charge >= 0.3 is 0 Å². The van der Waals surface area contributed by atoms with E-state index in [0.29, 0.717) is 28.7 Å². The Labute approximate surface area is 177 Å². The van der Waals surface area contributed by atoms with E-state index in [9.17, 15) is 4.79 Å². The van der Waals surface area contributed by atoms with E-state index in [1.807, 2.05) is 53.2 Å². The maximum atomic E-state index is 12.5. The summed E-state index contributed by atoms with van der Waals surface area (Å²) in [4.78, 5) is 21.3. The number of imidazole rings is 1. The summed E-state index contributed by atoms with van der Waals surface area (Å²) in [7, 11) is 1.56. The summed E-state index contributed by atoms with van der Waals surface area (Å²) in [5.74, 6) is 2.23. The molecule has 2 aromatic heterocycles. The molecule has 1 aliphatic heterocycles. The number of hydrogen-bond donors (Lipinski definition) is 1. The van der Waals surface area contributed by atoms with Gasteiger partial charge in [-0.2, -0.15) is 0 Å². The van der Waals surface area contributed by atoms with Crippen LogP contribution >= 0.6 is 0 Å². The first kappa shape index (κ1) is 18.7. The van der Waals surface area contributed by atoms with Crippen LogP contribution < -0.4 is 19.5 Å². The first-order valence-electron chi connectivity index (χ1n) is 9.56. The van der Waals surface area contributed by atoms with Crippen LogP contribution in [-0.2, 0) is 4.79 Å². The number of amides is 1. The molecular formula is C23H18N4O4. The number of aromatic nitrogens is 3. The highest BCUT2D eigenvalue weighted by Gasteiger charge is 2.13. The normalized spacial score (nSPS) is 12.4. The molecule has 1 amide bonds. The SMILES string of the molecule is COc1ccc(-c2cn3cccnc3n2)cc1NC(=O)/C=C/c1ccc2c(c1)OCO2. The summed E-state index contributed by atoms with van der Waals surface area (Å²) in [5.41, 5.74) is 2.96. The molecule has 1 aliphatic rings. The maximum Gasteiger partial charge on any atom is 0.248 e. The molecule has 8 nitrogen and oxygen atoms in total. The smallest absolute Gasteiger partial charge is 0.248 e. The van der Waals surface area contributed by atoms with Crippen molar-refractivity contribution in [2.24, 2.45) is 0 Å². The Morgan fingerprint density at radius 3 is 2.97 bits per heavy atom. The second kappa shape index (κ2) is 7.83. The van der Waals surface area contributed by atoms with Crippen molar-refractivity contribution >= 4 is 23.4 Å². The Morgan fingerprint density at radius 2 is 2.10 bits per heavy atom. The number of anilines is 1. The van der Waals surface area contributed by atoms with Gasteiger partial charge in [-0.15, -0.1) is 0 Å². The molecule has 0 saturated heterocycles. The van der Waals surface area contributed by atoms with Crippen LogP contribution in [0.3, 0.4) is 0 Å². The van der Waals surface area contributed by atoms with Gasteiger partial charge in [0.25, 0.3) is 0 Å². The van der Waals surface area contributed by atoms with Gasteiger partial charge in [0, 0.05) is 30.2 Å². The Balaban J connectivity index is 1.37. The molecule has 154 valence electrons. The second-order valence-electron chi connectivity index (χ2n) is 6.80. The van der Waals surface area contributed by atoms with E-state index in [4.69, 9.17) is 14.2 Å². The minimum atomic E-state index is -0.287. The molecule has 4 aromatic rings. The average Bonchev–Trinajstić information content (AvgIpc) is 3.44. The summed E-state index contributed by atoms with van der Waals surface area (Å²) >= 11 is 0. The van der Waals surface area contributed by atoms with E-state index < -0.39 is 0 Å². The highest BCUT2D eigenvalue weighted by molar-refractivity contribution is 6.03. The van der Waals surface area contributed by atoms with Crippen molar-refractivity contribution < 1.29 is 19.0 Å². The molecule has 2 aromatic carbocycles. The van der Waals surface area contributed by atoms with Crippen LogP contribution in [-0.4, -0.2) is 34.2 Å². The van der Waals surface area contributed by atoms with Crippen molar-refractivity contribution in [3.8, 4) is 28.5 Å². The van der Waals surface area contributed by atoms with Crippen LogP contribution in [0.15, 0.2) is 67.1 Å². The predicted molar refractivity (Wildman–Crippen MR) is 115 cm³/mol. The number of nitrogens with zero attached hydrogens (tertiary/aromatic N) is 3. The van der Waals surface area contributed by atoms with Gasteiger partial charge < -0.3 is 19.5 Å². The Bertz CT molecular complexity index is 1280. The molecule has 0 fully saturated rings. The Hall–Kier alpha value is -4.33. The maximum absolute atomic E-state index is 12.5. The lowest BCUT2D eigenvalue weighted by molar-refractivity contribution is -0.111. The molecule has 0 saturated carbocycles. The summed E-state index contributed by atoms with van der Waals surface area (Å²) in [6, 6.07) is 12.8. The summed E-state index contributed by atoms with van der Waals surface area (Å²) in [6.45, 7) is 0.210. The lowest BCUT2D eigenvalue weighted by Crippen LogP contribution is -2.09. The summed E-state index contributed by atoms with van der Waals surface area (Å²) in [5, 5.41) is 2.87. The van der Waals surface area contributed by atoms with Gasteiger partial charge in [0.15, 0.2) is 11.5 Å². The molecule has 8 heteroatoms. The van der Waals surface area contributed by atoms with Crippen molar-refractivity contribution in [2.75, 3.05) is 19.2 Å². The summed E-state index contributed by atoms with van der Waals surface area (Å²) in [6.07, 6.45) is 8.62. The lowest BCUT2D eigenvalue weighted by Gasteiger charge is -2.10. The second-order valence-corrected chi connectivity index (χ2v) is 6.80. The molecule has 31 heavy (non-hydrogen) atoms. The number of benzene rings is 2. The number of nitrogens with one attached hydrogen (secondary N) is 1. The van der Waals surface area contributed by atoms with Gasteiger partial charge in [0.2, 0.25) is 18.5 Å². The van der Waals surface area contributed by atoms with Crippen LogP contribution in [0, 0.1) is 0 Å². The minimum Gasteiger partial charge on any atom is -0.495 e. The molecule has 5 rings (SSSR count). The predicted octanol–water partition coefficient (Wildman–Crippen LogP) is 3.79. The van der Waals surface area contributed by atoms with Gasteiger partial charge in [-0.25, -0.2) is 9.97 Å². The van der Waals surface area contributed by atoms with Crippen LogP contribution in [0.5, 0.6) is 17.2 Å². The van der Waals surface area contributed by atoms with Gasteiger partial charge in [-0.1, -0.05) is 6.07 Å². The van der Waals surface area contributed by atoms with Gasteiger partial charge in [0.05, 0.1) is 18.5 Å². The summed E-state index contributed by atoms with van der Waals surface area (Å²) < 4.78 is 17.9. The fourth-order valence-corrected chi connectivity index (χ4v) is 3.30. The zero-order valence-corrected chi connectivity index (χ0v) is 16.6. The van der Waals surface area contributed by atoms with Crippen molar-refractivity contribution in [2.45, 2.75) is 0 Å². The van der Waals surface area contributed by atoms with Crippen molar-refractivity contribution in [3.63, 3.8) is 0 Å². The van der Waals surface area contributed by atoms with Gasteiger partial charge in [0.1, 0.15) is 5.75 Å². The molecule has 0 aliphatic carbocycles. The van der Waals surface area contributed by atoms with Gasteiger partial charge in [-0.3, -0.25) is 9.20 Å². The third-order valence-electron chi connectivity index (χ3n) is 4.81. The van der Waals surface area contributed by atoms with E-state index in [2.05, 4.69) is 15.3 Å². The number of carbonyl (C=O) groups excluding carboxylic acids is 1. The Morgan fingerprint density at radius 1 is 1.19 bits per heavy atom. The van der Waals surface area contributed by atoms with Crippen LogP contribution in [0.1, 0.15) is 5.56 Å². The lowest BCUT2D eigenvalue weighted by atomic mass is 10.1. The number of methoxy groups -OCH3 is 1. The monoisotopic (exact) mass is 414 g/mol. The molecular weight excluding hydrogens is 396 g/mol. The zero-order chi connectivity index (χ0) is 21.2. The van der Waals surface area contributed by atoms with Crippen molar-refractivity contribution in [3.05, 3.63) is 72.7 Å². The number of rotatable bonds is 5. The third kappa shape index (κ3) is 3.78. The topological polar surface area (TPSA) is 87.0 Å². The van der Waals surface area contributed by atoms with Crippen molar-refractivity contribution in [1.82, 2.24) is 14.4 Å². The van der Waals surface area contributed by atoms with E-state index >= 15 is 0 Å². The van der Waals surface area contributed by atoms with Crippen LogP contribution in [0.25, 0.3) is 23.1 Å². The van der Waals surface area contributed by atoms with Gasteiger partial charge in [-0.05, 0) is 48.0 Å². The molecule has 1 N–H and O–H groups in total. The Kier molecular flexibility index (Phi) is 4.72. The van der Waals surface area contributed by atoms with E-state index in [-0.39, 0.29) is 12.7 Å². The number of hydrogen-bond acceptors (Lipinski definition) is 6. The van der Waals surface area contributed by atoms with Crippen molar-refractivity contribution in [1.29, 1.82) is 0 Å². The molecule has 0 atom stereocenters. The minimum absolute atomic E-state index is 0.210. The van der Waals surface area contributed by atoms with Crippen LogP contribution in [0.2, 0.25) is 0 Å². The fourth-order valence-electron chi connectivity index (χ4n) is 3.30. The first-order chi connectivity index (χ1) is 15.2. The molecule has 0 unspecified atom stereocenters. The quantitative estimate of drug-likeness (QED) is 0.500. The number of carbonyl (C=O) groups is 1. The number of ether oxygens (including phenoxy) is 3. The first-order valence-corrected chi connectivity index (χ1v) is 9.56. The largest absolute Gasteiger partial charge is 0.495 e. The molecule has 0 spiro atoms. The fraction of sp³-hybridized carbons (Fsp3) is 0.0870. The zero-order valence-electron chi connectivity index (χ0n) is 16.6.